The van der Waals surface area contributed by atoms with Crippen molar-refractivity contribution in [2.45, 2.75) is 0 Å². The summed E-state index contributed by atoms with van der Waals surface area (Å²) in [7, 11) is 0. The number of benzene rings is 10. The van der Waals surface area contributed by atoms with E-state index >= 15 is 0 Å². The molecule has 0 fully saturated rings. The molecule has 5 nitrogen and oxygen atoms in total. The number of nitrogens with zero attached hydrogens (tertiary/aromatic N) is 4. The molecule has 0 amide bonds. The molecule has 0 radical (unpaired) electrons. The van der Waals surface area contributed by atoms with Crippen LogP contribution in [0.15, 0.2) is 199 Å². The molecule has 278 valence electrons. The Hall–Kier alpha value is -8.15. The highest BCUT2D eigenvalue weighted by Crippen LogP contribution is 2.44. The number of hydrogen-bond donors (Lipinski definition) is 0. The van der Waals surface area contributed by atoms with Gasteiger partial charge in [-0.3, -0.25) is 0 Å². The molecule has 0 N–H and O–H groups in total. The van der Waals surface area contributed by atoms with Crippen molar-refractivity contribution in [1.29, 1.82) is 0 Å². The molecule has 0 bridgehead atoms. The van der Waals surface area contributed by atoms with Gasteiger partial charge in [-0.2, -0.15) is 0 Å². The fourth-order valence-electron chi connectivity index (χ4n) is 9.33. The number of furan rings is 1. The minimum Gasteiger partial charge on any atom is -0.455 e. The topological polar surface area (TPSA) is 56.7 Å². The van der Waals surface area contributed by atoms with Crippen molar-refractivity contribution in [1.82, 2.24) is 19.5 Å². The Bertz CT molecular complexity index is 3820. The number of rotatable bonds is 4. The van der Waals surface area contributed by atoms with E-state index < -0.39 is 0 Å². The van der Waals surface area contributed by atoms with E-state index in [1.54, 1.807) is 0 Å². The fourth-order valence-corrected chi connectivity index (χ4v) is 9.33. The average Bonchev–Trinajstić information content (AvgIpc) is 3.85. The molecule has 5 heteroatoms. The lowest BCUT2D eigenvalue weighted by Gasteiger charge is -2.13. The van der Waals surface area contributed by atoms with Gasteiger partial charge in [0.25, 0.3) is 0 Å². The third kappa shape index (κ3) is 4.96. The van der Waals surface area contributed by atoms with Crippen LogP contribution in [-0.4, -0.2) is 19.5 Å². The summed E-state index contributed by atoms with van der Waals surface area (Å²) in [4.78, 5) is 15.7. The molecule has 10 aromatic carbocycles. The molecule has 13 rings (SSSR count). The predicted molar refractivity (Wildman–Crippen MR) is 248 cm³/mol. The molecule has 0 saturated heterocycles. The first-order valence-corrected chi connectivity index (χ1v) is 20.3. The van der Waals surface area contributed by atoms with E-state index in [1.807, 2.05) is 6.07 Å². The number of fused-ring (bicyclic) bond motifs is 11. The van der Waals surface area contributed by atoms with Crippen LogP contribution in [0.4, 0.5) is 0 Å². The Morgan fingerprint density at radius 1 is 0.350 bits per heavy atom. The molecule has 0 atom stereocenters. The normalized spacial score (nSPS) is 12.0. The van der Waals surface area contributed by atoms with Crippen molar-refractivity contribution in [3.05, 3.63) is 194 Å². The van der Waals surface area contributed by atoms with Gasteiger partial charge in [-0.1, -0.05) is 152 Å². The summed E-state index contributed by atoms with van der Waals surface area (Å²) in [5.74, 6) is 1.81. The quantitative estimate of drug-likeness (QED) is 0.179. The molecule has 0 aliphatic rings. The molecule has 3 heterocycles. The van der Waals surface area contributed by atoms with Gasteiger partial charge in [0.2, 0.25) is 0 Å². The molecule has 0 spiro atoms. The zero-order chi connectivity index (χ0) is 39.3. The van der Waals surface area contributed by atoms with Crippen molar-refractivity contribution >= 4 is 86.8 Å². The second-order valence-corrected chi connectivity index (χ2v) is 15.6. The maximum atomic E-state index is 6.88. The van der Waals surface area contributed by atoms with Gasteiger partial charge in [0, 0.05) is 49.0 Å². The summed E-state index contributed by atoms with van der Waals surface area (Å²) in [6.45, 7) is 0. The van der Waals surface area contributed by atoms with E-state index in [9.17, 15) is 0 Å². The summed E-state index contributed by atoms with van der Waals surface area (Å²) in [6.07, 6.45) is 0. The van der Waals surface area contributed by atoms with Crippen LogP contribution in [-0.2, 0) is 0 Å². The zero-order valence-electron chi connectivity index (χ0n) is 32.2. The molecular formula is C55H32N4O. The zero-order valence-corrected chi connectivity index (χ0v) is 32.2. The molecule has 0 aliphatic heterocycles. The maximum Gasteiger partial charge on any atom is 0.164 e. The van der Waals surface area contributed by atoms with Crippen LogP contribution < -0.4 is 0 Å². The first-order chi connectivity index (χ1) is 29.7. The molecule has 13 aromatic rings. The van der Waals surface area contributed by atoms with Crippen molar-refractivity contribution in [3.8, 4) is 39.9 Å². The molecule has 3 aromatic heterocycles. The smallest absolute Gasteiger partial charge is 0.164 e. The van der Waals surface area contributed by atoms with Gasteiger partial charge in [0.1, 0.15) is 11.2 Å². The van der Waals surface area contributed by atoms with E-state index in [-0.39, 0.29) is 0 Å². The molecule has 0 aliphatic carbocycles. The highest BCUT2D eigenvalue weighted by molar-refractivity contribution is 6.22. The average molecular weight is 765 g/mol. The van der Waals surface area contributed by atoms with Gasteiger partial charge >= 0.3 is 0 Å². The standard InChI is InChI=1S/C55H32N4O/c1-3-14-35-28-39(26-24-33(35)12-1)53-56-54(40-27-25-34-13-2-4-15-36(34)29-40)58-55(57-53)44-21-11-23-50-51(44)46-32-49(41-18-7-8-20-43(41)52(46)60-50)59-47-22-10-9-19-42(47)45-30-37-16-5-6-17-38(37)31-48(45)59/h1-32H. The van der Waals surface area contributed by atoms with Crippen LogP contribution in [0.2, 0.25) is 0 Å². The first kappa shape index (κ1) is 32.9. The third-order valence-corrected chi connectivity index (χ3v) is 12.2. The second kappa shape index (κ2) is 12.7. The summed E-state index contributed by atoms with van der Waals surface area (Å²) in [5.41, 5.74) is 7.74. The fraction of sp³-hybridized carbons (Fsp3) is 0. The second-order valence-electron chi connectivity index (χ2n) is 15.6. The summed E-state index contributed by atoms with van der Waals surface area (Å²) in [6, 6.07) is 68.7. The van der Waals surface area contributed by atoms with Crippen LogP contribution in [0.5, 0.6) is 0 Å². The predicted octanol–water partition coefficient (Wildman–Crippen LogP) is 14.5. The van der Waals surface area contributed by atoms with Gasteiger partial charge in [-0.25, -0.2) is 15.0 Å². The molecule has 0 saturated carbocycles. The number of aromatic nitrogens is 4. The monoisotopic (exact) mass is 764 g/mol. The lowest BCUT2D eigenvalue weighted by atomic mass is 10.0. The van der Waals surface area contributed by atoms with Crippen molar-refractivity contribution < 1.29 is 4.42 Å². The van der Waals surface area contributed by atoms with E-state index in [0.29, 0.717) is 17.5 Å². The molecule has 0 unspecified atom stereocenters. The summed E-state index contributed by atoms with van der Waals surface area (Å²) in [5, 5.41) is 13.6. The van der Waals surface area contributed by atoms with Gasteiger partial charge in [0.15, 0.2) is 17.5 Å². The van der Waals surface area contributed by atoms with Crippen LogP contribution in [0.25, 0.3) is 127 Å². The number of hydrogen-bond acceptors (Lipinski definition) is 4. The van der Waals surface area contributed by atoms with Crippen LogP contribution >= 0.6 is 0 Å². The Morgan fingerprint density at radius 3 is 1.58 bits per heavy atom. The largest absolute Gasteiger partial charge is 0.455 e. The number of para-hydroxylation sites is 1. The highest BCUT2D eigenvalue weighted by atomic mass is 16.3. The summed E-state index contributed by atoms with van der Waals surface area (Å²) >= 11 is 0. The van der Waals surface area contributed by atoms with Crippen LogP contribution in [0, 0.1) is 0 Å². The lowest BCUT2D eigenvalue weighted by molar-refractivity contribution is 0.672. The maximum absolute atomic E-state index is 6.88. The van der Waals surface area contributed by atoms with Crippen molar-refractivity contribution in [2.75, 3.05) is 0 Å². The minimum atomic E-state index is 0.586. The van der Waals surface area contributed by atoms with E-state index in [2.05, 4.69) is 193 Å². The Labute approximate surface area is 343 Å². The van der Waals surface area contributed by atoms with Gasteiger partial charge in [-0.15, -0.1) is 0 Å². The van der Waals surface area contributed by atoms with Crippen molar-refractivity contribution in [3.63, 3.8) is 0 Å². The van der Waals surface area contributed by atoms with Gasteiger partial charge < -0.3 is 8.98 Å². The lowest BCUT2D eigenvalue weighted by Crippen LogP contribution is -2.00. The molecular weight excluding hydrogens is 733 g/mol. The van der Waals surface area contributed by atoms with E-state index in [1.165, 1.54) is 32.3 Å². The van der Waals surface area contributed by atoms with Crippen LogP contribution in [0.1, 0.15) is 0 Å². The van der Waals surface area contributed by atoms with E-state index in [0.717, 1.165) is 76.9 Å². The van der Waals surface area contributed by atoms with E-state index in [4.69, 9.17) is 19.4 Å². The Kier molecular flexibility index (Phi) is 6.95. The summed E-state index contributed by atoms with van der Waals surface area (Å²) < 4.78 is 9.31. The third-order valence-electron chi connectivity index (χ3n) is 12.2. The van der Waals surface area contributed by atoms with Crippen LogP contribution in [0.3, 0.4) is 0 Å². The Balaban J connectivity index is 1.10. The Morgan fingerprint density at radius 2 is 0.900 bits per heavy atom. The molecule has 60 heavy (non-hydrogen) atoms. The SMILES string of the molecule is c1ccc2cc(-c3nc(-c4ccc5ccccc5c4)nc(-c4cccc5oc6c7ccccc7c(-n7c8ccccc8c8cc9ccccc9cc87)cc6c45)n3)ccc2c1. The highest BCUT2D eigenvalue weighted by Gasteiger charge is 2.22. The first-order valence-electron chi connectivity index (χ1n) is 20.3. The van der Waals surface area contributed by atoms with Gasteiger partial charge in [-0.05, 0) is 74.8 Å². The van der Waals surface area contributed by atoms with Gasteiger partial charge in [0.05, 0.1) is 16.7 Å². The van der Waals surface area contributed by atoms with Crippen molar-refractivity contribution in [2.24, 2.45) is 0 Å². The minimum absolute atomic E-state index is 0.586.